The van der Waals surface area contributed by atoms with E-state index in [-0.39, 0.29) is 17.3 Å². The maximum absolute atomic E-state index is 12.5. The van der Waals surface area contributed by atoms with Gasteiger partial charge in [-0.2, -0.15) is 0 Å². The molecule has 0 aliphatic carbocycles. The zero-order chi connectivity index (χ0) is 17.2. The van der Waals surface area contributed by atoms with Crippen LogP contribution in [0.3, 0.4) is 0 Å². The summed E-state index contributed by atoms with van der Waals surface area (Å²) < 4.78 is 32.7. The highest BCUT2D eigenvalue weighted by Gasteiger charge is 2.22. The van der Waals surface area contributed by atoms with Gasteiger partial charge in [0.05, 0.1) is 11.2 Å². The molecule has 6 nitrogen and oxygen atoms in total. The van der Waals surface area contributed by atoms with Crippen LogP contribution in [0.1, 0.15) is 24.2 Å². The Balaban J connectivity index is 1.76. The Kier molecular flexibility index (Phi) is 4.73. The van der Waals surface area contributed by atoms with E-state index < -0.39 is 10.0 Å². The second-order valence-electron chi connectivity index (χ2n) is 5.82. The van der Waals surface area contributed by atoms with E-state index in [1.54, 1.807) is 42.5 Å². The lowest BCUT2D eigenvalue weighted by Crippen LogP contribution is -2.27. The average Bonchev–Trinajstić information content (AvgIpc) is 3.02. The van der Waals surface area contributed by atoms with Crippen molar-refractivity contribution in [3.63, 3.8) is 0 Å². The lowest BCUT2D eigenvalue weighted by molar-refractivity contribution is -0.118. The molecule has 128 valence electrons. The van der Waals surface area contributed by atoms with E-state index in [4.69, 9.17) is 4.42 Å². The number of fused-ring (bicyclic) bond motifs is 1. The Bertz CT molecular complexity index is 828. The topological polar surface area (TPSA) is 79.6 Å². The van der Waals surface area contributed by atoms with Gasteiger partial charge >= 0.3 is 0 Å². The highest BCUT2D eigenvalue weighted by Crippen LogP contribution is 2.28. The molecule has 1 N–H and O–H groups in total. The number of sulfonamides is 1. The van der Waals surface area contributed by atoms with Crippen LogP contribution in [0.4, 0.5) is 5.69 Å². The van der Waals surface area contributed by atoms with E-state index in [9.17, 15) is 13.2 Å². The highest BCUT2D eigenvalue weighted by molar-refractivity contribution is 7.89. The highest BCUT2D eigenvalue weighted by atomic mass is 32.2. The molecule has 0 spiro atoms. The summed E-state index contributed by atoms with van der Waals surface area (Å²) in [5.41, 5.74) is 1.67. The van der Waals surface area contributed by atoms with Crippen LogP contribution in [0, 0.1) is 0 Å². The number of amides is 1. The first-order valence-electron chi connectivity index (χ1n) is 7.89. The smallest absolute Gasteiger partial charge is 0.240 e. The second kappa shape index (κ2) is 6.78. The van der Waals surface area contributed by atoms with Gasteiger partial charge in [-0.25, -0.2) is 13.1 Å². The van der Waals surface area contributed by atoms with Gasteiger partial charge in [-0.15, -0.1) is 0 Å². The number of aryl methyl sites for hydroxylation is 1. The van der Waals surface area contributed by atoms with Crippen LogP contribution >= 0.6 is 0 Å². The van der Waals surface area contributed by atoms with Crippen molar-refractivity contribution in [2.75, 3.05) is 18.5 Å². The number of nitrogens with one attached hydrogen (secondary N) is 1. The quantitative estimate of drug-likeness (QED) is 0.897. The fourth-order valence-corrected chi connectivity index (χ4v) is 3.92. The first kappa shape index (κ1) is 16.7. The minimum absolute atomic E-state index is 0.0564. The average molecular weight is 348 g/mol. The molecule has 7 heteroatoms. The summed E-state index contributed by atoms with van der Waals surface area (Å²) >= 11 is 0. The molecule has 0 fully saturated rings. The van der Waals surface area contributed by atoms with Crippen molar-refractivity contribution in [1.29, 1.82) is 0 Å². The molecule has 0 saturated heterocycles. The van der Waals surface area contributed by atoms with Gasteiger partial charge in [0.25, 0.3) is 0 Å². The van der Waals surface area contributed by atoms with E-state index in [1.807, 2.05) is 6.07 Å². The second-order valence-corrected chi connectivity index (χ2v) is 7.59. The van der Waals surface area contributed by atoms with Gasteiger partial charge < -0.3 is 9.32 Å². The largest absolute Gasteiger partial charge is 0.469 e. The first-order valence-corrected chi connectivity index (χ1v) is 9.37. The van der Waals surface area contributed by atoms with E-state index >= 15 is 0 Å². The molecular formula is C17H20N2O4S. The summed E-state index contributed by atoms with van der Waals surface area (Å²) in [6, 6.07) is 8.50. The zero-order valence-corrected chi connectivity index (χ0v) is 14.3. The van der Waals surface area contributed by atoms with E-state index in [0.29, 0.717) is 19.3 Å². The van der Waals surface area contributed by atoms with Crippen molar-refractivity contribution in [2.45, 2.75) is 30.6 Å². The van der Waals surface area contributed by atoms with Crippen LogP contribution in [0.2, 0.25) is 0 Å². The van der Waals surface area contributed by atoms with Crippen LogP contribution in [0.5, 0.6) is 0 Å². The van der Waals surface area contributed by atoms with Crippen molar-refractivity contribution in [1.82, 2.24) is 4.72 Å². The Morgan fingerprint density at radius 3 is 2.83 bits per heavy atom. The molecule has 3 rings (SSSR count). The number of hydrogen-bond acceptors (Lipinski definition) is 4. The summed E-state index contributed by atoms with van der Waals surface area (Å²) in [6.45, 7) is 0.269. The first-order chi connectivity index (χ1) is 11.5. The van der Waals surface area contributed by atoms with Crippen molar-refractivity contribution < 1.29 is 17.6 Å². The third-order valence-corrected chi connectivity index (χ3v) is 5.64. The summed E-state index contributed by atoms with van der Waals surface area (Å²) in [5, 5.41) is 0. The van der Waals surface area contributed by atoms with Crippen molar-refractivity contribution in [3.8, 4) is 0 Å². The van der Waals surface area contributed by atoms with E-state index in [2.05, 4.69) is 4.72 Å². The SMILES string of the molecule is CN1C(=O)CCCc2cc(S(=O)(=O)NCCc3ccco3)ccc21. The number of carbonyl (C=O) groups is 1. The van der Waals surface area contributed by atoms with Crippen LogP contribution in [0.15, 0.2) is 45.9 Å². The summed E-state index contributed by atoms with van der Waals surface area (Å²) in [4.78, 5) is 13.7. The van der Waals surface area contributed by atoms with Gasteiger partial charge in [0.2, 0.25) is 15.9 Å². The van der Waals surface area contributed by atoms with E-state index in [1.165, 1.54) is 0 Å². The molecule has 1 aliphatic rings. The number of carbonyl (C=O) groups excluding carboxylic acids is 1. The monoisotopic (exact) mass is 348 g/mol. The van der Waals surface area contributed by atoms with Gasteiger partial charge in [0.15, 0.2) is 0 Å². The molecule has 0 atom stereocenters. The van der Waals surface area contributed by atoms with Gasteiger partial charge in [-0.05, 0) is 48.7 Å². The number of hydrogen-bond donors (Lipinski definition) is 1. The predicted octanol–water partition coefficient (Wildman–Crippen LogP) is 2.10. The van der Waals surface area contributed by atoms with Gasteiger partial charge in [0, 0.05) is 32.1 Å². The minimum Gasteiger partial charge on any atom is -0.469 e. The Hall–Kier alpha value is -2.12. The van der Waals surface area contributed by atoms with Crippen LogP contribution in [-0.4, -0.2) is 27.9 Å². The molecule has 1 amide bonds. The number of furan rings is 1. The summed E-state index contributed by atoms with van der Waals surface area (Å²) in [5.74, 6) is 0.792. The molecule has 24 heavy (non-hydrogen) atoms. The van der Waals surface area contributed by atoms with Crippen LogP contribution in [0.25, 0.3) is 0 Å². The minimum atomic E-state index is -3.59. The van der Waals surface area contributed by atoms with Crippen molar-refractivity contribution >= 4 is 21.6 Å². The van der Waals surface area contributed by atoms with E-state index in [0.717, 1.165) is 23.4 Å². The zero-order valence-electron chi connectivity index (χ0n) is 13.5. The number of rotatable bonds is 5. The summed E-state index contributed by atoms with van der Waals surface area (Å²) in [7, 11) is -1.86. The number of nitrogens with zero attached hydrogens (tertiary/aromatic N) is 1. The Morgan fingerprint density at radius 2 is 2.08 bits per heavy atom. The van der Waals surface area contributed by atoms with Gasteiger partial charge in [-0.1, -0.05) is 0 Å². The third kappa shape index (κ3) is 3.52. The molecule has 0 radical (unpaired) electrons. The van der Waals surface area contributed by atoms with Crippen LogP contribution in [-0.2, 0) is 27.7 Å². The molecular weight excluding hydrogens is 328 g/mol. The van der Waals surface area contributed by atoms with Crippen LogP contribution < -0.4 is 9.62 Å². The maximum atomic E-state index is 12.5. The lowest BCUT2D eigenvalue weighted by Gasteiger charge is -2.18. The normalized spacial score (nSPS) is 15.2. The fourth-order valence-electron chi connectivity index (χ4n) is 2.84. The molecule has 0 saturated carbocycles. The molecule has 2 aromatic rings. The van der Waals surface area contributed by atoms with Crippen molar-refractivity contribution in [3.05, 3.63) is 47.9 Å². The molecule has 1 aromatic carbocycles. The standard InChI is InChI=1S/C17H20N2O4S/c1-19-16-8-7-15(12-13(16)4-2-6-17(19)20)24(21,22)18-10-9-14-5-3-11-23-14/h3,5,7-8,11-12,18H,2,4,6,9-10H2,1H3. The molecule has 0 unspecified atom stereocenters. The lowest BCUT2D eigenvalue weighted by atomic mass is 10.1. The maximum Gasteiger partial charge on any atom is 0.240 e. The van der Waals surface area contributed by atoms with Gasteiger partial charge in [0.1, 0.15) is 5.76 Å². The number of anilines is 1. The van der Waals surface area contributed by atoms with Gasteiger partial charge in [-0.3, -0.25) is 4.79 Å². The fraction of sp³-hybridized carbons (Fsp3) is 0.353. The third-order valence-electron chi connectivity index (χ3n) is 4.18. The Morgan fingerprint density at radius 1 is 1.25 bits per heavy atom. The van der Waals surface area contributed by atoms with Crippen molar-refractivity contribution in [2.24, 2.45) is 0 Å². The number of benzene rings is 1. The molecule has 0 bridgehead atoms. The molecule has 1 aromatic heterocycles. The predicted molar refractivity (Wildman–Crippen MR) is 90.4 cm³/mol. The summed E-state index contributed by atoms with van der Waals surface area (Å²) in [6.07, 6.45) is 3.96. The molecule has 2 heterocycles. The Labute approximate surface area is 141 Å². The molecule has 1 aliphatic heterocycles.